The van der Waals surface area contributed by atoms with E-state index in [2.05, 4.69) is 4.98 Å². The summed E-state index contributed by atoms with van der Waals surface area (Å²) in [6.45, 7) is 0. The molecule has 0 amide bonds. The molecule has 6 heteroatoms. The number of ether oxygens (including phenoxy) is 1. The molecule has 16 heavy (non-hydrogen) atoms. The van der Waals surface area contributed by atoms with Crippen LogP contribution in [0.3, 0.4) is 0 Å². The molecule has 0 aliphatic carbocycles. The van der Waals surface area contributed by atoms with E-state index in [1.807, 2.05) is 0 Å². The fourth-order valence-electron chi connectivity index (χ4n) is 1.46. The zero-order chi connectivity index (χ0) is 11.7. The third kappa shape index (κ3) is 1.58. The minimum absolute atomic E-state index is 0.305. The summed E-state index contributed by atoms with van der Waals surface area (Å²) in [5, 5.41) is 0. The second-order valence-electron chi connectivity index (χ2n) is 2.97. The normalized spacial score (nSPS) is 10.4. The summed E-state index contributed by atoms with van der Waals surface area (Å²) in [5.41, 5.74) is 1.12. The number of carbonyl (C=O) groups is 2. The van der Waals surface area contributed by atoms with Gasteiger partial charge in [0.05, 0.1) is 22.9 Å². The van der Waals surface area contributed by atoms with E-state index in [4.69, 9.17) is 16.3 Å². The summed E-state index contributed by atoms with van der Waals surface area (Å²) in [6.07, 6.45) is 1.28. The molecule has 82 valence electrons. The van der Waals surface area contributed by atoms with Crippen molar-refractivity contribution in [3.05, 3.63) is 21.7 Å². The summed E-state index contributed by atoms with van der Waals surface area (Å²) in [7, 11) is 1.45. The van der Waals surface area contributed by atoms with E-state index in [1.54, 1.807) is 0 Å². The van der Waals surface area contributed by atoms with Gasteiger partial charge in [0.1, 0.15) is 5.75 Å². The number of hydrogen-bond acceptors (Lipinski definition) is 5. The van der Waals surface area contributed by atoms with Gasteiger partial charge in [-0.3, -0.25) is 9.59 Å². The molecular weight excluding hydrogens is 250 g/mol. The number of methoxy groups -OCH3 is 1. The molecule has 0 atom stereocenters. The van der Waals surface area contributed by atoms with Crippen molar-refractivity contribution in [3.8, 4) is 5.75 Å². The van der Waals surface area contributed by atoms with Crippen molar-refractivity contribution in [2.24, 2.45) is 0 Å². The van der Waals surface area contributed by atoms with Gasteiger partial charge in [-0.25, -0.2) is 4.98 Å². The lowest BCUT2D eigenvalue weighted by molar-refractivity contribution is 0.112. The van der Waals surface area contributed by atoms with E-state index in [1.165, 1.54) is 24.5 Å². The van der Waals surface area contributed by atoms with Crippen LogP contribution in [-0.4, -0.2) is 24.7 Å². The maximum Gasteiger partial charge on any atom is 0.184 e. The van der Waals surface area contributed by atoms with E-state index in [0.29, 0.717) is 44.1 Å². The van der Waals surface area contributed by atoms with E-state index < -0.39 is 0 Å². The summed E-state index contributed by atoms with van der Waals surface area (Å²) >= 11 is 6.96. The zero-order valence-electron chi connectivity index (χ0n) is 8.19. The molecule has 1 aromatic heterocycles. The summed E-state index contributed by atoms with van der Waals surface area (Å²) in [4.78, 5) is 25.7. The van der Waals surface area contributed by atoms with Crippen molar-refractivity contribution in [2.75, 3.05) is 7.11 Å². The molecular formula is C10H6ClNO3S. The average molecular weight is 256 g/mol. The van der Waals surface area contributed by atoms with Crippen molar-refractivity contribution < 1.29 is 14.3 Å². The van der Waals surface area contributed by atoms with Gasteiger partial charge in [-0.2, -0.15) is 0 Å². The van der Waals surface area contributed by atoms with E-state index >= 15 is 0 Å². The molecule has 0 fully saturated rings. The van der Waals surface area contributed by atoms with Gasteiger partial charge in [-0.05, 0) is 6.07 Å². The number of hydrogen-bond donors (Lipinski definition) is 0. The smallest absolute Gasteiger partial charge is 0.184 e. The van der Waals surface area contributed by atoms with Gasteiger partial charge >= 0.3 is 0 Å². The number of carbonyl (C=O) groups excluding carboxylic acids is 2. The number of rotatable bonds is 3. The van der Waals surface area contributed by atoms with Crippen LogP contribution < -0.4 is 4.74 Å². The van der Waals surface area contributed by atoms with Crippen LogP contribution >= 0.6 is 22.9 Å². The van der Waals surface area contributed by atoms with Crippen LogP contribution in [0.15, 0.2) is 6.07 Å². The topological polar surface area (TPSA) is 56.3 Å². The van der Waals surface area contributed by atoms with Crippen LogP contribution in [0.2, 0.25) is 4.47 Å². The van der Waals surface area contributed by atoms with Gasteiger partial charge in [0, 0.05) is 5.56 Å². The zero-order valence-corrected chi connectivity index (χ0v) is 9.76. The first kappa shape index (κ1) is 11.0. The fraction of sp³-hybridized carbons (Fsp3) is 0.100. The van der Waals surface area contributed by atoms with Gasteiger partial charge in [-0.15, -0.1) is 0 Å². The number of aromatic nitrogens is 1. The van der Waals surface area contributed by atoms with Crippen LogP contribution in [0.5, 0.6) is 5.75 Å². The molecule has 0 saturated heterocycles. The second kappa shape index (κ2) is 4.19. The Bertz CT molecular complexity index is 579. The number of fused-ring (bicyclic) bond motifs is 1. The number of aldehydes is 2. The molecule has 0 aliphatic heterocycles. The molecule has 0 unspecified atom stereocenters. The minimum atomic E-state index is 0.305. The quantitative estimate of drug-likeness (QED) is 0.791. The Hall–Kier alpha value is -1.46. The summed E-state index contributed by atoms with van der Waals surface area (Å²) < 4.78 is 6.04. The van der Waals surface area contributed by atoms with Gasteiger partial charge in [-0.1, -0.05) is 22.9 Å². The van der Waals surface area contributed by atoms with Gasteiger partial charge in [0.15, 0.2) is 17.0 Å². The summed E-state index contributed by atoms with van der Waals surface area (Å²) in [5.74, 6) is 0.403. The first-order valence-electron chi connectivity index (χ1n) is 4.28. The molecule has 0 N–H and O–H groups in total. The average Bonchev–Trinajstić information content (AvgIpc) is 2.67. The van der Waals surface area contributed by atoms with Gasteiger partial charge in [0.2, 0.25) is 0 Å². The molecule has 1 heterocycles. The first-order chi connectivity index (χ1) is 7.71. The van der Waals surface area contributed by atoms with Crippen LogP contribution in [0.1, 0.15) is 20.7 Å². The van der Waals surface area contributed by atoms with Crippen LogP contribution in [0.25, 0.3) is 10.2 Å². The third-order valence-electron chi connectivity index (χ3n) is 2.11. The number of benzene rings is 1. The molecule has 2 aromatic rings. The molecule has 0 aliphatic rings. The third-order valence-corrected chi connectivity index (χ3v) is 3.27. The van der Waals surface area contributed by atoms with Gasteiger partial charge in [0.25, 0.3) is 0 Å². The molecule has 0 spiro atoms. The highest BCUT2D eigenvalue weighted by Crippen LogP contribution is 2.37. The van der Waals surface area contributed by atoms with Crippen molar-refractivity contribution >= 4 is 45.7 Å². The standard InChI is InChI=1S/C10H6ClNO3S/c1-15-8-6(4-14)2-5(3-13)7-9(8)16-10(11)12-7/h2-4H,1H3. The highest BCUT2D eigenvalue weighted by Gasteiger charge is 2.16. The van der Waals surface area contributed by atoms with E-state index in [0.717, 1.165) is 0 Å². The summed E-state index contributed by atoms with van der Waals surface area (Å²) in [6, 6.07) is 1.44. The Morgan fingerprint density at radius 3 is 2.62 bits per heavy atom. The van der Waals surface area contributed by atoms with Crippen LogP contribution in [-0.2, 0) is 0 Å². The van der Waals surface area contributed by atoms with Crippen LogP contribution in [0, 0.1) is 0 Å². The number of thiazole rings is 1. The number of halogens is 1. The molecule has 1 aromatic carbocycles. The van der Waals surface area contributed by atoms with Crippen molar-refractivity contribution in [1.29, 1.82) is 0 Å². The predicted octanol–water partition coefficient (Wildman–Crippen LogP) is 2.58. The number of nitrogens with zero attached hydrogens (tertiary/aromatic N) is 1. The van der Waals surface area contributed by atoms with Crippen LogP contribution in [0.4, 0.5) is 0 Å². The Labute approximate surface area is 99.8 Å². The monoisotopic (exact) mass is 255 g/mol. The molecule has 2 rings (SSSR count). The maximum absolute atomic E-state index is 10.9. The lowest BCUT2D eigenvalue weighted by atomic mass is 10.1. The first-order valence-corrected chi connectivity index (χ1v) is 5.48. The fourth-order valence-corrected chi connectivity index (χ4v) is 2.64. The lowest BCUT2D eigenvalue weighted by Crippen LogP contribution is -1.94. The predicted molar refractivity (Wildman–Crippen MR) is 62.0 cm³/mol. The molecule has 0 radical (unpaired) electrons. The van der Waals surface area contributed by atoms with E-state index in [9.17, 15) is 9.59 Å². The Kier molecular flexibility index (Phi) is 2.89. The second-order valence-corrected chi connectivity index (χ2v) is 4.55. The maximum atomic E-state index is 10.9. The Morgan fingerprint density at radius 1 is 1.38 bits per heavy atom. The molecule has 0 bridgehead atoms. The Balaban J connectivity index is 2.93. The van der Waals surface area contributed by atoms with Crippen molar-refractivity contribution in [2.45, 2.75) is 0 Å². The highest BCUT2D eigenvalue weighted by atomic mass is 35.5. The SMILES string of the molecule is COc1c(C=O)cc(C=O)c2nc(Cl)sc12. The van der Waals surface area contributed by atoms with Crippen molar-refractivity contribution in [1.82, 2.24) is 4.98 Å². The lowest BCUT2D eigenvalue weighted by Gasteiger charge is -2.05. The Morgan fingerprint density at radius 2 is 2.06 bits per heavy atom. The van der Waals surface area contributed by atoms with Crippen molar-refractivity contribution in [3.63, 3.8) is 0 Å². The molecule has 4 nitrogen and oxygen atoms in total. The highest BCUT2D eigenvalue weighted by molar-refractivity contribution is 7.22. The minimum Gasteiger partial charge on any atom is -0.494 e. The van der Waals surface area contributed by atoms with E-state index in [-0.39, 0.29) is 0 Å². The largest absolute Gasteiger partial charge is 0.494 e. The van der Waals surface area contributed by atoms with Gasteiger partial charge < -0.3 is 4.74 Å². The molecule has 0 saturated carbocycles.